The van der Waals surface area contributed by atoms with E-state index in [1.807, 2.05) is 30.3 Å². The molecule has 38 heavy (non-hydrogen) atoms. The topological polar surface area (TPSA) is 68.6 Å². The molecule has 0 atom stereocenters. The van der Waals surface area contributed by atoms with Crippen molar-refractivity contribution >= 4 is 11.7 Å². The van der Waals surface area contributed by atoms with Crippen LogP contribution in [-0.4, -0.2) is 48.4 Å². The third-order valence-electron chi connectivity index (χ3n) is 6.67. The van der Waals surface area contributed by atoms with Gasteiger partial charge in [-0.05, 0) is 66.8 Å². The van der Waals surface area contributed by atoms with Crippen molar-refractivity contribution in [1.82, 2.24) is 14.9 Å². The fraction of sp³-hybridized carbons (Fsp3) is 0.290. The Morgan fingerprint density at radius 1 is 0.921 bits per heavy atom. The molecule has 1 amide bonds. The molecule has 2 heterocycles. The maximum absolute atomic E-state index is 12.5. The minimum absolute atomic E-state index is 0.164. The number of benzene rings is 3. The standard InChI is InChI=1S/C31H34N4O3/c36-31(32-16-5-4-9-25-7-2-1-3-8-25)35-22-30(33-24-35)27-12-14-29(15-13-27)38-23-26-10-6-11-28(21-26)34-17-19-37-20-18-34/h1-3,6-8,10-15,21-22,24H,4-5,9,16-20,23H2,(H,32,36). The number of rotatable bonds is 10. The van der Waals surface area contributed by atoms with E-state index in [0.29, 0.717) is 13.2 Å². The molecule has 1 aliphatic heterocycles. The van der Waals surface area contributed by atoms with E-state index in [0.717, 1.165) is 68.1 Å². The lowest BCUT2D eigenvalue weighted by Gasteiger charge is -2.29. The SMILES string of the molecule is O=C(NCCCCc1ccccc1)n1cnc(-c2ccc(OCc3cccc(N4CCOCC4)c3)cc2)c1. The van der Waals surface area contributed by atoms with Gasteiger partial charge in [-0.15, -0.1) is 0 Å². The van der Waals surface area contributed by atoms with Crippen molar-refractivity contribution in [2.75, 3.05) is 37.7 Å². The molecule has 0 saturated carbocycles. The van der Waals surface area contributed by atoms with Gasteiger partial charge in [-0.2, -0.15) is 0 Å². The number of amides is 1. The van der Waals surface area contributed by atoms with Crippen LogP contribution in [0.4, 0.5) is 10.5 Å². The lowest BCUT2D eigenvalue weighted by molar-refractivity contribution is 0.122. The van der Waals surface area contributed by atoms with Gasteiger partial charge in [-0.1, -0.05) is 42.5 Å². The number of hydrogen-bond donors (Lipinski definition) is 1. The Bertz CT molecular complexity index is 1300. The lowest BCUT2D eigenvalue weighted by atomic mass is 10.1. The lowest BCUT2D eigenvalue weighted by Crippen LogP contribution is -2.36. The first-order chi connectivity index (χ1) is 18.7. The van der Waals surface area contributed by atoms with Gasteiger partial charge in [0.15, 0.2) is 0 Å². The van der Waals surface area contributed by atoms with Gasteiger partial charge in [0.25, 0.3) is 0 Å². The highest BCUT2D eigenvalue weighted by molar-refractivity contribution is 5.77. The summed E-state index contributed by atoms with van der Waals surface area (Å²) in [4.78, 5) is 19.3. The quantitative estimate of drug-likeness (QED) is 0.284. The number of ether oxygens (including phenoxy) is 2. The minimum Gasteiger partial charge on any atom is -0.489 e. The van der Waals surface area contributed by atoms with E-state index in [9.17, 15) is 4.79 Å². The second-order valence-corrected chi connectivity index (χ2v) is 9.42. The van der Waals surface area contributed by atoms with E-state index in [2.05, 4.69) is 63.7 Å². The van der Waals surface area contributed by atoms with Gasteiger partial charge in [-0.3, -0.25) is 4.57 Å². The number of carbonyl (C=O) groups excluding carboxylic acids is 1. The van der Waals surface area contributed by atoms with Gasteiger partial charge in [0.2, 0.25) is 0 Å². The van der Waals surface area contributed by atoms with Crippen molar-refractivity contribution in [2.24, 2.45) is 0 Å². The fourth-order valence-corrected chi connectivity index (χ4v) is 4.52. The predicted octanol–water partition coefficient (Wildman–Crippen LogP) is 5.55. The molecule has 0 radical (unpaired) electrons. The van der Waals surface area contributed by atoms with Gasteiger partial charge in [0.05, 0.1) is 18.9 Å². The molecule has 1 fully saturated rings. The summed E-state index contributed by atoms with van der Waals surface area (Å²) >= 11 is 0. The molecular weight excluding hydrogens is 476 g/mol. The van der Waals surface area contributed by atoms with Crippen LogP contribution in [-0.2, 0) is 17.8 Å². The maximum Gasteiger partial charge on any atom is 0.326 e. The highest BCUT2D eigenvalue weighted by Gasteiger charge is 2.12. The largest absolute Gasteiger partial charge is 0.489 e. The molecule has 3 aromatic carbocycles. The summed E-state index contributed by atoms with van der Waals surface area (Å²) in [7, 11) is 0. The predicted molar refractivity (Wildman–Crippen MR) is 150 cm³/mol. The maximum atomic E-state index is 12.5. The number of aromatic nitrogens is 2. The van der Waals surface area contributed by atoms with Crippen LogP contribution in [0.1, 0.15) is 24.0 Å². The molecular formula is C31H34N4O3. The number of imidazole rings is 1. The second kappa shape index (κ2) is 12.9. The highest BCUT2D eigenvalue weighted by Crippen LogP contribution is 2.23. The summed E-state index contributed by atoms with van der Waals surface area (Å²) in [5, 5.41) is 2.97. The van der Waals surface area contributed by atoms with Crippen LogP contribution in [0.15, 0.2) is 91.4 Å². The Morgan fingerprint density at radius 3 is 2.53 bits per heavy atom. The van der Waals surface area contributed by atoms with Crippen LogP contribution in [0.5, 0.6) is 5.75 Å². The number of unbranched alkanes of at least 4 members (excludes halogenated alkanes) is 1. The smallest absolute Gasteiger partial charge is 0.326 e. The Labute approximate surface area is 224 Å². The molecule has 4 aromatic rings. The van der Waals surface area contributed by atoms with Crippen molar-refractivity contribution < 1.29 is 14.3 Å². The van der Waals surface area contributed by atoms with E-state index >= 15 is 0 Å². The number of nitrogens with one attached hydrogen (secondary N) is 1. The van der Waals surface area contributed by atoms with Crippen LogP contribution in [0, 0.1) is 0 Å². The first-order valence-electron chi connectivity index (χ1n) is 13.3. The summed E-state index contributed by atoms with van der Waals surface area (Å²) in [6.45, 7) is 4.50. The Morgan fingerprint density at radius 2 is 1.71 bits per heavy atom. The zero-order valence-corrected chi connectivity index (χ0v) is 21.6. The molecule has 7 heteroatoms. The van der Waals surface area contributed by atoms with Crippen LogP contribution in [0.25, 0.3) is 11.3 Å². The summed E-state index contributed by atoms with van der Waals surface area (Å²) in [5.74, 6) is 0.790. The average molecular weight is 511 g/mol. The Balaban J connectivity index is 1.08. The molecule has 0 bridgehead atoms. The third kappa shape index (κ3) is 7.01. The number of hydrogen-bond acceptors (Lipinski definition) is 5. The van der Waals surface area contributed by atoms with Crippen LogP contribution < -0.4 is 15.0 Å². The Kier molecular flexibility index (Phi) is 8.69. The van der Waals surface area contributed by atoms with E-state index in [1.54, 1.807) is 12.5 Å². The molecule has 7 nitrogen and oxygen atoms in total. The third-order valence-corrected chi connectivity index (χ3v) is 6.67. The first-order valence-corrected chi connectivity index (χ1v) is 13.3. The summed E-state index contributed by atoms with van der Waals surface area (Å²) in [5.41, 5.74) is 5.34. The van der Waals surface area contributed by atoms with Gasteiger partial charge < -0.3 is 19.7 Å². The molecule has 0 aliphatic carbocycles. The van der Waals surface area contributed by atoms with Gasteiger partial charge in [-0.25, -0.2) is 9.78 Å². The summed E-state index contributed by atoms with van der Waals surface area (Å²) in [6.07, 6.45) is 6.30. The van der Waals surface area contributed by atoms with Crippen molar-refractivity contribution in [2.45, 2.75) is 25.9 Å². The average Bonchev–Trinajstić information content (AvgIpc) is 3.48. The number of aryl methyl sites for hydroxylation is 1. The highest BCUT2D eigenvalue weighted by atomic mass is 16.5. The van der Waals surface area contributed by atoms with Crippen molar-refractivity contribution in [3.63, 3.8) is 0 Å². The van der Waals surface area contributed by atoms with Crippen molar-refractivity contribution in [1.29, 1.82) is 0 Å². The monoisotopic (exact) mass is 510 g/mol. The number of anilines is 1. The summed E-state index contributed by atoms with van der Waals surface area (Å²) in [6, 6.07) is 26.5. The Hall–Kier alpha value is -4.10. The second-order valence-electron chi connectivity index (χ2n) is 9.42. The fourth-order valence-electron chi connectivity index (χ4n) is 4.52. The molecule has 0 spiro atoms. The van der Waals surface area contributed by atoms with Gasteiger partial charge in [0, 0.05) is 37.1 Å². The van der Waals surface area contributed by atoms with E-state index in [-0.39, 0.29) is 6.03 Å². The van der Waals surface area contributed by atoms with Gasteiger partial charge >= 0.3 is 6.03 Å². The zero-order chi connectivity index (χ0) is 26.0. The number of nitrogens with zero attached hydrogens (tertiary/aromatic N) is 3. The van der Waals surface area contributed by atoms with E-state index in [1.165, 1.54) is 15.8 Å². The van der Waals surface area contributed by atoms with E-state index in [4.69, 9.17) is 9.47 Å². The van der Waals surface area contributed by atoms with Crippen molar-refractivity contribution in [3.05, 3.63) is 103 Å². The first kappa shape index (κ1) is 25.5. The van der Waals surface area contributed by atoms with E-state index < -0.39 is 0 Å². The normalized spacial score (nSPS) is 13.3. The van der Waals surface area contributed by atoms with Crippen LogP contribution in [0.2, 0.25) is 0 Å². The zero-order valence-electron chi connectivity index (χ0n) is 21.6. The molecule has 1 saturated heterocycles. The molecule has 196 valence electrons. The number of carbonyl (C=O) groups is 1. The summed E-state index contributed by atoms with van der Waals surface area (Å²) < 4.78 is 13.0. The van der Waals surface area contributed by atoms with Crippen molar-refractivity contribution in [3.8, 4) is 17.0 Å². The van der Waals surface area contributed by atoms with Crippen LogP contribution >= 0.6 is 0 Å². The molecule has 1 aromatic heterocycles. The number of morpholine rings is 1. The molecule has 1 aliphatic rings. The van der Waals surface area contributed by atoms with Gasteiger partial charge in [0.1, 0.15) is 18.7 Å². The molecule has 0 unspecified atom stereocenters. The molecule has 1 N–H and O–H groups in total. The molecule has 5 rings (SSSR count). The minimum atomic E-state index is -0.164. The van der Waals surface area contributed by atoms with Crippen LogP contribution in [0.3, 0.4) is 0 Å².